The van der Waals surface area contributed by atoms with Gasteiger partial charge >= 0.3 is 13.7 Å². The van der Waals surface area contributed by atoms with Crippen molar-refractivity contribution in [3.05, 3.63) is 35.9 Å². The van der Waals surface area contributed by atoms with Gasteiger partial charge in [0.05, 0.1) is 5.56 Å². The summed E-state index contributed by atoms with van der Waals surface area (Å²) in [5, 5.41) is 22.4. The molecule has 1 aromatic carbocycles. The smallest absolute Gasteiger partial charge is 0.478 e. The Kier molecular flexibility index (Phi) is 5.68. The first-order chi connectivity index (χ1) is 5.72. The lowest BCUT2D eigenvalue weighted by Crippen LogP contribution is -1.93. The van der Waals surface area contributed by atoms with Gasteiger partial charge in [0.1, 0.15) is 0 Å². The molecule has 1 rings (SSSR count). The Labute approximate surface area is 70.4 Å². The van der Waals surface area contributed by atoms with Crippen molar-refractivity contribution in [3.63, 3.8) is 0 Å². The first-order valence-corrected chi connectivity index (χ1v) is 3.10. The molecule has 0 saturated carbocycles. The van der Waals surface area contributed by atoms with Crippen LogP contribution < -0.4 is 0 Å². The molecule has 0 spiro atoms. The zero-order chi connectivity index (χ0) is 9.40. The number of carboxylic acids is 1. The maximum Gasteiger partial charge on any atom is 0.482 e. The highest BCUT2D eigenvalue weighted by Crippen LogP contribution is 1.96. The largest absolute Gasteiger partial charge is 0.482 e. The summed E-state index contributed by atoms with van der Waals surface area (Å²) < 4.78 is 0. The van der Waals surface area contributed by atoms with Gasteiger partial charge in [0.2, 0.25) is 0 Å². The van der Waals surface area contributed by atoms with E-state index in [1.54, 1.807) is 30.3 Å². The summed E-state index contributed by atoms with van der Waals surface area (Å²) in [4.78, 5) is 10.2. The lowest BCUT2D eigenvalue weighted by Gasteiger charge is -1.88. The molecule has 1 radical (unpaired) electrons. The van der Waals surface area contributed by atoms with Crippen LogP contribution in [-0.2, 0) is 0 Å². The van der Waals surface area contributed by atoms with Crippen molar-refractivity contribution in [2.24, 2.45) is 0 Å². The van der Waals surface area contributed by atoms with Crippen LogP contribution in [0.5, 0.6) is 0 Å². The van der Waals surface area contributed by atoms with E-state index in [0.29, 0.717) is 5.56 Å². The Hall–Kier alpha value is -1.33. The molecule has 0 bridgehead atoms. The fraction of sp³-hybridized carbons (Fsp3) is 0. The predicted molar refractivity (Wildman–Crippen MR) is 43.6 cm³/mol. The number of aromatic carboxylic acids is 1. The molecular formula is C7H8BO4. The first-order valence-electron chi connectivity index (χ1n) is 3.10. The van der Waals surface area contributed by atoms with Crippen molar-refractivity contribution >= 4 is 13.7 Å². The van der Waals surface area contributed by atoms with Crippen LogP contribution in [0.2, 0.25) is 0 Å². The number of carboxylic acid groups (broad SMARTS) is 1. The lowest BCUT2D eigenvalue weighted by atomic mass is 10.2. The Morgan fingerprint density at radius 1 is 1.17 bits per heavy atom. The molecule has 0 fully saturated rings. The van der Waals surface area contributed by atoms with Gasteiger partial charge in [0.25, 0.3) is 0 Å². The number of rotatable bonds is 1. The molecule has 0 unspecified atom stereocenters. The SMILES string of the molecule is O=C(O)c1ccccc1.O[B]O. The van der Waals surface area contributed by atoms with Gasteiger partial charge in [-0.15, -0.1) is 0 Å². The van der Waals surface area contributed by atoms with E-state index in [4.69, 9.17) is 15.2 Å². The van der Waals surface area contributed by atoms with E-state index in [2.05, 4.69) is 0 Å². The first kappa shape index (κ1) is 10.7. The van der Waals surface area contributed by atoms with Crippen LogP contribution in [0, 0.1) is 0 Å². The minimum absolute atomic E-state index is 0. The van der Waals surface area contributed by atoms with E-state index in [0.717, 1.165) is 0 Å². The predicted octanol–water partition coefficient (Wildman–Crippen LogP) is -0.110. The van der Waals surface area contributed by atoms with Crippen molar-refractivity contribution in [2.45, 2.75) is 0 Å². The van der Waals surface area contributed by atoms with Crippen molar-refractivity contribution < 1.29 is 19.9 Å². The van der Waals surface area contributed by atoms with Crippen molar-refractivity contribution in [1.29, 1.82) is 0 Å². The average Bonchev–Trinajstić information content (AvgIpc) is 2.07. The topological polar surface area (TPSA) is 77.8 Å². The molecule has 0 aliphatic carbocycles. The zero-order valence-electron chi connectivity index (χ0n) is 6.21. The van der Waals surface area contributed by atoms with E-state index in [1.807, 2.05) is 0 Å². The highest BCUT2D eigenvalue weighted by atomic mass is 16.4. The van der Waals surface area contributed by atoms with Crippen molar-refractivity contribution in [2.75, 3.05) is 0 Å². The second kappa shape index (κ2) is 6.39. The molecule has 1 aromatic rings. The summed E-state index contributed by atoms with van der Waals surface area (Å²) in [6, 6.07) is 8.30. The molecule has 3 N–H and O–H groups in total. The second-order valence-corrected chi connectivity index (χ2v) is 1.79. The van der Waals surface area contributed by atoms with Crippen molar-refractivity contribution in [3.8, 4) is 0 Å². The summed E-state index contributed by atoms with van der Waals surface area (Å²) >= 11 is 0. The van der Waals surface area contributed by atoms with Gasteiger partial charge in [-0.05, 0) is 12.1 Å². The van der Waals surface area contributed by atoms with Gasteiger partial charge in [-0.1, -0.05) is 18.2 Å². The van der Waals surface area contributed by atoms with E-state index in [1.165, 1.54) is 0 Å². The molecule has 0 amide bonds. The molecule has 0 aromatic heterocycles. The average molecular weight is 167 g/mol. The summed E-state index contributed by atoms with van der Waals surface area (Å²) in [5.74, 6) is -0.879. The van der Waals surface area contributed by atoms with Gasteiger partial charge in [0.15, 0.2) is 0 Å². The van der Waals surface area contributed by atoms with Crippen LogP contribution in [0.3, 0.4) is 0 Å². The highest BCUT2D eigenvalue weighted by Gasteiger charge is 1.96. The minimum Gasteiger partial charge on any atom is -0.478 e. The van der Waals surface area contributed by atoms with Crippen LogP contribution in [0.15, 0.2) is 30.3 Å². The molecule has 4 nitrogen and oxygen atoms in total. The van der Waals surface area contributed by atoms with Crippen LogP contribution in [0.1, 0.15) is 10.4 Å². The van der Waals surface area contributed by atoms with Gasteiger partial charge in [-0.2, -0.15) is 0 Å². The molecule has 63 valence electrons. The summed E-state index contributed by atoms with van der Waals surface area (Å²) in [5.41, 5.74) is 0.331. The third-order valence-electron chi connectivity index (χ3n) is 1.02. The maximum absolute atomic E-state index is 10.2. The van der Waals surface area contributed by atoms with E-state index < -0.39 is 5.97 Å². The maximum atomic E-state index is 10.2. The number of benzene rings is 1. The Morgan fingerprint density at radius 3 is 1.83 bits per heavy atom. The fourth-order valence-electron chi connectivity index (χ4n) is 0.581. The number of hydrogen-bond donors (Lipinski definition) is 3. The lowest BCUT2D eigenvalue weighted by molar-refractivity contribution is 0.0697. The third-order valence-corrected chi connectivity index (χ3v) is 1.02. The Bertz CT molecular complexity index is 224. The fourth-order valence-corrected chi connectivity index (χ4v) is 0.581. The van der Waals surface area contributed by atoms with E-state index in [-0.39, 0.29) is 7.69 Å². The van der Waals surface area contributed by atoms with Gasteiger partial charge in [-0.25, -0.2) is 4.79 Å². The quantitative estimate of drug-likeness (QED) is 0.510. The Balaban J connectivity index is 0.000000354. The van der Waals surface area contributed by atoms with Gasteiger partial charge < -0.3 is 15.2 Å². The summed E-state index contributed by atoms with van der Waals surface area (Å²) in [6.45, 7) is 0. The molecule has 0 saturated heterocycles. The summed E-state index contributed by atoms with van der Waals surface area (Å²) in [6.07, 6.45) is 0. The monoisotopic (exact) mass is 167 g/mol. The number of carbonyl (C=O) groups is 1. The molecule has 0 aliphatic rings. The van der Waals surface area contributed by atoms with E-state index >= 15 is 0 Å². The summed E-state index contributed by atoms with van der Waals surface area (Å²) in [7, 11) is 0. The molecular weight excluding hydrogens is 159 g/mol. The minimum atomic E-state index is -0.879. The van der Waals surface area contributed by atoms with Crippen LogP contribution in [-0.4, -0.2) is 28.8 Å². The van der Waals surface area contributed by atoms with Crippen LogP contribution in [0.4, 0.5) is 0 Å². The normalized spacial score (nSPS) is 7.83. The van der Waals surface area contributed by atoms with Crippen molar-refractivity contribution in [1.82, 2.24) is 0 Å². The van der Waals surface area contributed by atoms with Gasteiger partial charge in [0, 0.05) is 0 Å². The van der Waals surface area contributed by atoms with Gasteiger partial charge in [-0.3, -0.25) is 0 Å². The molecule has 0 aliphatic heterocycles. The highest BCUT2D eigenvalue weighted by molar-refractivity contribution is 6.13. The number of hydrogen-bond acceptors (Lipinski definition) is 3. The standard InChI is InChI=1S/C7H6O2.BH2O2/c8-7(9)6-4-2-1-3-5-6;2-1-3/h1-5H,(H,8,9);2-3H. The molecule has 12 heavy (non-hydrogen) atoms. The molecule has 0 heterocycles. The molecule has 5 heteroatoms. The van der Waals surface area contributed by atoms with E-state index in [9.17, 15) is 4.79 Å². The zero-order valence-corrected chi connectivity index (χ0v) is 6.21. The van der Waals surface area contributed by atoms with Crippen LogP contribution in [0.25, 0.3) is 0 Å². The second-order valence-electron chi connectivity index (χ2n) is 1.79. The third kappa shape index (κ3) is 4.48. The Morgan fingerprint density at radius 2 is 1.58 bits per heavy atom. The molecule has 0 atom stereocenters. The van der Waals surface area contributed by atoms with Crippen LogP contribution >= 0.6 is 0 Å².